The smallest absolute Gasteiger partial charge is 0.0713 e. The van der Waals surface area contributed by atoms with Crippen LogP contribution in [-0.2, 0) is 41.9 Å². The zero-order chi connectivity index (χ0) is 84.1. The van der Waals surface area contributed by atoms with Crippen molar-refractivity contribution in [1.29, 1.82) is 0 Å². The normalized spacial score (nSPS) is 14.0. The van der Waals surface area contributed by atoms with Gasteiger partial charge < -0.3 is 9.47 Å². The molecule has 16 aromatic rings. The Balaban J connectivity index is 0.000000128. The number of hydrogen-bond donors (Lipinski definition) is 0. The van der Waals surface area contributed by atoms with Crippen LogP contribution in [0.2, 0.25) is 0 Å². The van der Waals surface area contributed by atoms with Gasteiger partial charge in [0.1, 0.15) is 0 Å². The summed E-state index contributed by atoms with van der Waals surface area (Å²) >= 11 is 0. The molecule has 123 heavy (non-hydrogen) atoms. The van der Waals surface area contributed by atoms with Crippen LogP contribution in [0.25, 0.3) is 94.3 Å². The molecule has 0 fully saturated rings. The van der Waals surface area contributed by atoms with Crippen molar-refractivity contribution in [3.8, 4) is 72.4 Å². The number of aryl methyl sites for hydroxylation is 10. The second kappa shape index (κ2) is 34.0. The number of anilines is 3. The molecule has 15 aromatic carbocycles. The molecule has 5 aliphatic rings. The van der Waals surface area contributed by atoms with Gasteiger partial charge in [0.2, 0.25) is 0 Å². The fourth-order valence-corrected chi connectivity index (χ4v) is 22.1. The molecule has 0 saturated carbocycles. The van der Waals surface area contributed by atoms with Crippen molar-refractivity contribution in [2.24, 2.45) is 0 Å². The average molecular weight is 1600 g/mol. The molecule has 0 amide bonds. The van der Waals surface area contributed by atoms with Crippen molar-refractivity contribution in [3.63, 3.8) is 0 Å². The van der Waals surface area contributed by atoms with E-state index in [9.17, 15) is 0 Å². The lowest BCUT2D eigenvalue weighted by Crippen LogP contribution is -2.30. The molecule has 0 saturated heterocycles. The third-order valence-corrected chi connectivity index (χ3v) is 28.4. The highest BCUT2D eigenvalue weighted by atomic mass is 15.1. The predicted octanol–water partition coefficient (Wildman–Crippen LogP) is 33.1. The molecular weight excluding hydrogens is 1480 g/mol. The van der Waals surface area contributed by atoms with Crippen LogP contribution in [0.4, 0.5) is 17.1 Å². The topological polar surface area (TPSA) is 8.17 Å². The zero-order valence-electron chi connectivity index (χ0n) is 74.1. The van der Waals surface area contributed by atoms with Crippen LogP contribution in [0.3, 0.4) is 0 Å². The Kier molecular flexibility index (Phi) is 22.3. The van der Waals surface area contributed by atoms with E-state index in [1.165, 1.54) is 299 Å². The number of aromatic nitrogens is 1. The van der Waals surface area contributed by atoms with E-state index < -0.39 is 0 Å². The van der Waals surface area contributed by atoms with E-state index in [-0.39, 0.29) is 16.2 Å². The fraction of sp³-hybridized carbons (Fsp3) is 0.256. The van der Waals surface area contributed by atoms with E-state index in [0.29, 0.717) is 0 Å². The molecular formula is C121H118N2. The van der Waals surface area contributed by atoms with Crippen LogP contribution in [0, 0.1) is 41.5 Å². The van der Waals surface area contributed by atoms with Gasteiger partial charge in [-0.05, 0) is 286 Å². The van der Waals surface area contributed by atoms with Crippen LogP contribution in [0.1, 0.15) is 218 Å². The Labute approximate surface area is 732 Å². The lowest BCUT2D eigenvalue weighted by Gasteiger charge is -2.37. The minimum Gasteiger partial charge on any atom is -0.310 e. The molecule has 612 valence electrons. The van der Waals surface area contributed by atoms with Gasteiger partial charge in [0, 0.05) is 44.2 Å². The van der Waals surface area contributed by atoms with Crippen LogP contribution < -0.4 is 4.90 Å². The lowest BCUT2D eigenvalue weighted by molar-refractivity contribution is 0.397. The van der Waals surface area contributed by atoms with Gasteiger partial charge in [-0.25, -0.2) is 0 Å². The van der Waals surface area contributed by atoms with Crippen molar-refractivity contribution in [2.75, 3.05) is 4.90 Å². The van der Waals surface area contributed by atoms with Crippen LogP contribution in [0.5, 0.6) is 0 Å². The number of benzene rings is 15. The van der Waals surface area contributed by atoms with Gasteiger partial charge in [-0.15, -0.1) is 0 Å². The maximum absolute atomic E-state index is 2.53. The minimum atomic E-state index is -0.309. The molecule has 0 bridgehead atoms. The van der Waals surface area contributed by atoms with Crippen molar-refractivity contribution < 1.29 is 0 Å². The number of unbranched alkanes of at least 4 members (excludes halogenated alkanes) is 10. The fourth-order valence-electron chi connectivity index (χ4n) is 22.1. The molecule has 1 aromatic heterocycles. The molecule has 1 heterocycles. The van der Waals surface area contributed by atoms with E-state index >= 15 is 0 Å². The summed E-state index contributed by atoms with van der Waals surface area (Å²) in [5.74, 6) is 0. The first-order valence-corrected chi connectivity index (χ1v) is 46.3. The maximum Gasteiger partial charge on any atom is 0.0713 e. The molecule has 2 heteroatoms. The Morgan fingerprint density at radius 2 is 0.740 bits per heavy atom. The van der Waals surface area contributed by atoms with E-state index in [1.807, 2.05) is 0 Å². The SMILES string of the molecule is CCCCCCCCC1(CCCCCCCC)c2cc(C)ccc2-c2ccc(C)cc21.Cc1cc(C)cc(-c2ccc3c(c2)C(c2ccc4c(c2)CC4)(c2ccc4c(c2)CC4)c2ccccc2-3)c1.Cc1cc(C)cc(-n2c3ccccc3c3cc(-c4ccc(N(c5ccc6c(c5)C(C)(C)c5ccccc5-6)c5ccccc5-c5ccccc5)cc4)ccc32)c1. The van der Waals surface area contributed by atoms with E-state index in [1.54, 1.807) is 11.1 Å². The Bertz CT molecular complexity index is 6480. The molecule has 21 rings (SSSR count). The Hall–Kier alpha value is -12.1. The van der Waals surface area contributed by atoms with Gasteiger partial charge in [0.05, 0.1) is 22.1 Å². The quantitative estimate of drug-likeness (QED) is 0.0580. The van der Waals surface area contributed by atoms with Crippen molar-refractivity contribution >= 4 is 38.9 Å². The number of para-hydroxylation sites is 2. The average Bonchev–Trinajstić information content (AvgIpc) is 1.53. The van der Waals surface area contributed by atoms with Crippen molar-refractivity contribution in [3.05, 3.63) is 416 Å². The largest absolute Gasteiger partial charge is 0.310 e. The number of fused-ring (bicyclic) bond motifs is 14. The number of hydrogen-bond acceptors (Lipinski definition) is 1. The summed E-state index contributed by atoms with van der Waals surface area (Å²) in [6.45, 7) is 22.6. The standard InChI is InChI=1S/C53H42N2.C37H30.C31H46/c1-35-30-36(2)32-42(31-35)55-51-21-13-10-18-46(51)47-33-39(24-29-52(47)55)37-22-25-40(26-23-37)54(50-20-12-9-16-43(50)38-14-6-5-7-15-38)41-27-28-45-44-17-8-11-19-48(44)53(3,4)49(45)34-41;1-23-17-24(2)19-30(18-23)29-13-16-34-33-5-3-4-6-35(33)37(36(34)22-29,31-14-11-25-7-9-27(25)20-31)32-15-12-26-8-10-28(26)21-32;1-5-7-9-11-13-15-21-31(22-16-14-12-10-8-6-2)29-23-25(3)17-19-27(29)28-20-18-26(4)24-30(28)31/h5-34H,1-4H3;3-6,11-22H,7-10H2,1-2H3;17-20,23-24H,5-16,21-22H2,1-4H3. The monoisotopic (exact) mass is 1600 g/mol. The highest BCUT2D eigenvalue weighted by molar-refractivity contribution is 6.10. The molecule has 0 radical (unpaired) electrons. The molecule has 0 aliphatic heterocycles. The first kappa shape index (κ1) is 80.6. The summed E-state index contributed by atoms with van der Waals surface area (Å²) in [6, 6.07) is 120. The van der Waals surface area contributed by atoms with Crippen molar-refractivity contribution in [1.82, 2.24) is 4.57 Å². The van der Waals surface area contributed by atoms with Gasteiger partial charge in [-0.2, -0.15) is 0 Å². The molecule has 0 unspecified atom stereocenters. The molecule has 2 nitrogen and oxygen atoms in total. The highest BCUT2D eigenvalue weighted by Gasteiger charge is 2.48. The molecule has 0 spiro atoms. The van der Waals surface area contributed by atoms with E-state index in [0.717, 1.165) is 17.1 Å². The summed E-state index contributed by atoms with van der Waals surface area (Å²) in [6.07, 6.45) is 24.0. The lowest BCUT2D eigenvalue weighted by atomic mass is 9.65. The Morgan fingerprint density at radius 1 is 0.276 bits per heavy atom. The summed E-state index contributed by atoms with van der Waals surface area (Å²) in [5.41, 5.74) is 48.5. The first-order valence-electron chi connectivity index (χ1n) is 46.3. The summed E-state index contributed by atoms with van der Waals surface area (Å²) in [5, 5.41) is 2.53. The van der Waals surface area contributed by atoms with Gasteiger partial charge in [-0.3, -0.25) is 0 Å². The zero-order valence-corrected chi connectivity index (χ0v) is 74.1. The molecule has 5 aliphatic carbocycles. The van der Waals surface area contributed by atoms with Crippen molar-refractivity contribution in [2.45, 2.75) is 201 Å². The van der Waals surface area contributed by atoms with Gasteiger partial charge in [0.25, 0.3) is 0 Å². The van der Waals surface area contributed by atoms with E-state index in [4.69, 9.17) is 0 Å². The second-order valence-corrected chi connectivity index (χ2v) is 37.2. The minimum absolute atomic E-state index is 0.101. The summed E-state index contributed by atoms with van der Waals surface area (Å²) in [7, 11) is 0. The first-order chi connectivity index (χ1) is 60.1. The predicted molar refractivity (Wildman–Crippen MR) is 525 cm³/mol. The maximum atomic E-state index is 2.53. The highest BCUT2D eigenvalue weighted by Crippen LogP contribution is 2.60. The summed E-state index contributed by atoms with van der Waals surface area (Å²) < 4.78 is 2.41. The second-order valence-electron chi connectivity index (χ2n) is 37.2. The number of rotatable bonds is 23. The van der Waals surface area contributed by atoms with Gasteiger partial charge in [0.15, 0.2) is 0 Å². The van der Waals surface area contributed by atoms with Crippen LogP contribution in [0.15, 0.2) is 315 Å². The molecule has 0 atom stereocenters. The third-order valence-electron chi connectivity index (χ3n) is 28.4. The van der Waals surface area contributed by atoms with E-state index in [2.05, 4.69) is 394 Å². The summed E-state index contributed by atoms with van der Waals surface area (Å²) in [4.78, 5) is 2.44. The number of nitrogens with zero attached hydrogens (tertiary/aromatic N) is 2. The van der Waals surface area contributed by atoms with Crippen LogP contribution >= 0.6 is 0 Å². The molecule has 0 N–H and O–H groups in total. The van der Waals surface area contributed by atoms with Gasteiger partial charge in [-0.1, -0.05) is 376 Å². The third kappa shape index (κ3) is 14.9. The van der Waals surface area contributed by atoms with Gasteiger partial charge >= 0.3 is 0 Å². The Morgan fingerprint density at radius 3 is 1.35 bits per heavy atom. The van der Waals surface area contributed by atoms with Crippen LogP contribution in [-0.4, -0.2) is 4.57 Å².